The van der Waals surface area contributed by atoms with E-state index in [2.05, 4.69) is 14.7 Å². The first-order valence-electron chi connectivity index (χ1n) is 5.89. The summed E-state index contributed by atoms with van der Waals surface area (Å²) in [7, 11) is 2.90. The van der Waals surface area contributed by atoms with Crippen molar-refractivity contribution in [2.75, 3.05) is 14.2 Å². The van der Waals surface area contributed by atoms with E-state index in [-0.39, 0.29) is 5.69 Å². The lowest BCUT2D eigenvalue weighted by molar-refractivity contribution is 0.0593. The maximum Gasteiger partial charge on any atom is 0.358 e. The van der Waals surface area contributed by atoms with Crippen molar-refractivity contribution < 1.29 is 19.0 Å². The molecule has 0 saturated carbocycles. The molecule has 0 radical (unpaired) electrons. The van der Waals surface area contributed by atoms with Gasteiger partial charge in [-0.25, -0.2) is 14.8 Å². The Labute approximate surface area is 116 Å². The zero-order valence-electron chi connectivity index (χ0n) is 11.2. The summed E-state index contributed by atoms with van der Waals surface area (Å²) < 4.78 is 15.1. The van der Waals surface area contributed by atoms with Crippen LogP contribution in [0.1, 0.15) is 16.1 Å². The van der Waals surface area contributed by atoms with Crippen molar-refractivity contribution >= 4 is 5.97 Å². The van der Waals surface area contributed by atoms with Gasteiger partial charge in [0.15, 0.2) is 5.69 Å². The third-order valence-electron chi connectivity index (χ3n) is 2.57. The van der Waals surface area contributed by atoms with Crippen LogP contribution >= 0.6 is 0 Å². The lowest BCUT2D eigenvalue weighted by Crippen LogP contribution is -2.05. The normalized spacial score (nSPS) is 9.90. The fourth-order valence-electron chi connectivity index (χ4n) is 1.48. The van der Waals surface area contributed by atoms with E-state index in [1.54, 1.807) is 7.11 Å². The van der Waals surface area contributed by atoms with Gasteiger partial charge in [-0.15, -0.1) is 0 Å². The number of methoxy groups -OCH3 is 2. The maximum atomic E-state index is 11.2. The van der Waals surface area contributed by atoms with E-state index in [4.69, 9.17) is 9.47 Å². The fourth-order valence-corrected chi connectivity index (χ4v) is 1.48. The molecule has 20 heavy (non-hydrogen) atoms. The molecule has 0 atom stereocenters. The monoisotopic (exact) mass is 274 g/mol. The molecule has 0 aliphatic carbocycles. The minimum atomic E-state index is -0.529. The number of hydrogen-bond acceptors (Lipinski definition) is 6. The first-order chi connectivity index (χ1) is 9.72. The van der Waals surface area contributed by atoms with Crippen molar-refractivity contribution in [3.63, 3.8) is 0 Å². The number of esters is 1. The van der Waals surface area contributed by atoms with Crippen LogP contribution in [0.2, 0.25) is 0 Å². The predicted octanol–water partition coefficient (Wildman–Crippen LogP) is 1.85. The van der Waals surface area contributed by atoms with Crippen LogP contribution in [0.3, 0.4) is 0 Å². The largest absolute Gasteiger partial charge is 0.497 e. The lowest BCUT2D eigenvalue weighted by atomic mass is 10.2. The fraction of sp³-hybridized carbons (Fsp3) is 0.214. The Hall–Kier alpha value is -2.63. The van der Waals surface area contributed by atoms with Crippen LogP contribution in [0, 0.1) is 0 Å². The standard InChI is InChI=1S/C14H14N2O4/c1-18-11-5-3-10(4-6-11)9-20-13-8-15-12(7-16-13)14(17)19-2/h3-8H,9H2,1-2H3. The summed E-state index contributed by atoms with van der Waals surface area (Å²) >= 11 is 0. The molecule has 2 rings (SSSR count). The molecule has 6 heteroatoms. The van der Waals surface area contributed by atoms with Crippen LogP contribution in [0.15, 0.2) is 36.7 Å². The van der Waals surface area contributed by atoms with Gasteiger partial charge in [-0.05, 0) is 17.7 Å². The first kappa shape index (κ1) is 13.8. The predicted molar refractivity (Wildman–Crippen MR) is 70.7 cm³/mol. The third-order valence-corrected chi connectivity index (χ3v) is 2.57. The molecule has 0 amide bonds. The Morgan fingerprint density at radius 3 is 2.40 bits per heavy atom. The zero-order chi connectivity index (χ0) is 14.4. The molecule has 104 valence electrons. The van der Waals surface area contributed by atoms with Gasteiger partial charge >= 0.3 is 5.97 Å². The number of nitrogens with zero attached hydrogens (tertiary/aromatic N) is 2. The number of rotatable bonds is 5. The van der Waals surface area contributed by atoms with Gasteiger partial charge in [-0.3, -0.25) is 0 Å². The minimum Gasteiger partial charge on any atom is -0.497 e. The van der Waals surface area contributed by atoms with Crippen molar-refractivity contribution in [2.45, 2.75) is 6.61 Å². The average molecular weight is 274 g/mol. The SMILES string of the molecule is COC(=O)c1cnc(OCc2ccc(OC)cc2)cn1. The highest BCUT2D eigenvalue weighted by atomic mass is 16.5. The van der Waals surface area contributed by atoms with E-state index < -0.39 is 5.97 Å². The second-order valence-electron chi connectivity index (χ2n) is 3.87. The number of aromatic nitrogens is 2. The molecule has 0 aliphatic rings. The minimum absolute atomic E-state index is 0.143. The maximum absolute atomic E-state index is 11.2. The Morgan fingerprint density at radius 2 is 1.85 bits per heavy atom. The quantitative estimate of drug-likeness (QED) is 0.775. The Morgan fingerprint density at radius 1 is 1.10 bits per heavy atom. The molecule has 0 spiro atoms. The van der Waals surface area contributed by atoms with Crippen molar-refractivity contribution in [1.82, 2.24) is 9.97 Å². The first-order valence-corrected chi connectivity index (χ1v) is 5.89. The molecule has 1 aromatic carbocycles. The molecule has 1 aromatic heterocycles. The summed E-state index contributed by atoms with van der Waals surface area (Å²) in [6, 6.07) is 7.50. The van der Waals surface area contributed by atoms with Crippen molar-refractivity contribution in [1.29, 1.82) is 0 Å². The number of carbonyl (C=O) groups is 1. The van der Waals surface area contributed by atoms with Gasteiger partial charge in [0.05, 0.1) is 26.6 Å². The topological polar surface area (TPSA) is 70.5 Å². The average Bonchev–Trinajstić information content (AvgIpc) is 2.53. The molecule has 0 saturated heterocycles. The van der Waals surface area contributed by atoms with Crippen LogP contribution in [0.4, 0.5) is 0 Å². The highest BCUT2D eigenvalue weighted by Gasteiger charge is 2.07. The van der Waals surface area contributed by atoms with E-state index in [0.717, 1.165) is 11.3 Å². The summed E-state index contributed by atoms with van der Waals surface area (Å²) in [5.74, 6) is 0.601. The van der Waals surface area contributed by atoms with Gasteiger partial charge in [0.1, 0.15) is 12.4 Å². The Bertz CT molecular complexity index is 567. The summed E-state index contributed by atoms with van der Waals surface area (Å²) in [4.78, 5) is 19.1. The lowest BCUT2D eigenvalue weighted by Gasteiger charge is -2.06. The zero-order valence-corrected chi connectivity index (χ0v) is 11.2. The van der Waals surface area contributed by atoms with Gasteiger partial charge in [-0.2, -0.15) is 0 Å². The highest BCUT2D eigenvalue weighted by Crippen LogP contribution is 2.13. The number of ether oxygens (including phenoxy) is 3. The second-order valence-corrected chi connectivity index (χ2v) is 3.87. The van der Waals surface area contributed by atoms with Crippen LogP contribution in [0.25, 0.3) is 0 Å². The summed E-state index contributed by atoms with van der Waals surface area (Å²) in [6.45, 7) is 0.357. The summed E-state index contributed by atoms with van der Waals surface area (Å²) in [5.41, 5.74) is 1.12. The molecule has 1 heterocycles. The molecule has 6 nitrogen and oxygen atoms in total. The number of hydrogen-bond donors (Lipinski definition) is 0. The van der Waals surface area contributed by atoms with Gasteiger partial charge in [0.25, 0.3) is 0 Å². The van der Waals surface area contributed by atoms with Gasteiger partial charge in [0, 0.05) is 0 Å². The number of carbonyl (C=O) groups excluding carboxylic acids is 1. The molecule has 0 bridgehead atoms. The van der Waals surface area contributed by atoms with Crippen LogP contribution in [0.5, 0.6) is 11.6 Å². The molecular formula is C14H14N2O4. The van der Waals surface area contributed by atoms with E-state index >= 15 is 0 Å². The van der Waals surface area contributed by atoms with Crippen molar-refractivity contribution in [3.8, 4) is 11.6 Å². The number of benzene rings is 1. The molecule has 0 N–H and O–H groups in total. The Kier molecular flexibility index (Phi) is 4.49. The molecule has 0 unspecified atom stereocenters. The van der Waals surface area contributed by atoms with E-state index in [9.17, 15) is 4.79 Å². The van der Waals surface area contributed by atoms with Crippen molar-refractivity contribution in [3.05, 3.63) is 47.9 Å². The third kappa shape index (κ3) is 3.44. The van der Waals surface area contributed by atoms with E-state index in [1.807, 2.05) is 24.3 Å². The van der Waals surface area contributed by atoms with Crippen LogP contribution < -0.4 is 9.47 Å². The van der Waals surface area contributed by atoms with Crippen molar-refractivity contribution in [2.24, 2.45) is 0 Å². The Balaban J connectivity index is 1.94. The second kappa shape index (κ2) is 6.51. The van der Waals surface area contributed by atoms with E-state index in [0.29, 0.717) is 12.5 Å². The van der Waals surface area contributed by atoms with E-state index in [1.165, 1.54) is 19.5 Å². The highest BCUT2D eigenvalue weighted by molar-refractivity contribution is 5.86. The van der Waals surface area contributed by atoms with Gasteiger partial charge < -0.3 is 14.2 Å². The van der Waals surface area contributed by atoms with Crippen LogP contribution in [-0.2, 0) is 11.3 Å². The van der Waals surface area contributed by atoms with Crippen LogP contribution in [-0.4, -0.2) is 30.2 Å². The van der Waals surface area contributed by atoms with Gasteiger partial charge in [-0.1, -0.05) is 12.1 Å². The molecule has 0 fully saturated rings. The molecule has 2 aromatic rings. The summed E-state index contributed by atoms with van der Waals surface area (Å²) in [6.07, 6.45) is 2.70. The smallest absolute Gasteiger partial charge is 0.358 e. The molecule has 0 aliphatic heterocycles. The summed E-state index contributed by atoms with van der Waals surface area (Å²) in [5, 5.41) is 0. The molecular weight excluding hydrogens is 260 g/mol. The van der Waals surface area contributed by atoms with Gasteiger partial charge in [0.2, 0.25) is 5.88 Å².